The minimum atomic E-state index is -0.728. The lowest BCUT2D eigenvalue weighted by molar-refractivity contribution is -0.156. The second kappa shape index (κ2) is 5.26. The molecule has 0 radical (unpaired) electrons. The molecule has 5 heteroatoms. The molecule has 0 aliphatic carbocycles. The van der Waals surface area contributed by atoms with Gasteiger partial charge in [-0.3, -0.25) is 9.59 Å². The Kier molecular flexibility index (Phi) is 3.90. The van der Waals surface area contributed by atoms with Gasteiger partial charge in [0.25, 0.3) is 5.91 Å². The maximum Gasteiger partial charge on any atom is 0.309 e. The number of hydrogen-bond acceptors (Lipinski definition) is 3. The number of rotatable bonds is 3. The summed E-state index contributed by atoms with van der Waals surface area (Å²) in [5.41, 5.74) is -0.632. The Balaban J connectivity index is 1.93. The summed E-state index contributed by atoms with van der Waals surface area (Å²) in [7, 11) is 0. The van der Waals surface area contributed by atoms with Gasteiger partial charge in [0.2, 0.25) is 0 Å². The molecule has 2 fully saturated rings. The van der Waals surface area contributed by atoms with Crippen molar-refractivity contribution in [2.45, 2.75) is 45.1 Å². The fraction of sp³-hybridized carbons (Fsp3) is 0.846. The zero-order valence-electron chi connectivity index (χ0n) is 10.9. The van der Waals surface area contributed by atoms with Crippen LogP contribution >= 0.6 is 0 Å². The highest BCUT2D eigenvalue weighted by Crippen LogP contribution is 2.35. The average molecular weight is 255 g/mol. The molecule has 2 aliphatic heterocycles. The normalized spacial score (nSPS) is 27.2. The van der Waals surface area contributed by atoms with Crippen molar-refractivity contribution in [2.24, 2.45) is 5.41 Å². The number of likely N-dealkylation sites (tertiary alicyclic amines) is 1. The Bertz CT molecular complexity index is 328. The first kappa shape index (κ1) is 13.3. The quantitative estimate of drug-likeness (QED) is 0.824. The summed E-state index contributed by atoms with van der Waals surface area (Å²) in [6.45, 7) is 3.65. The molecule has 1 atom stereocenters. The smallest absolute Gasteiger partial charge is 0.309 e. The monoisotopic (exact) mass is 255 g/mol. The van der Waals surface area contributed by atoms with E-state index in [1.54, 1.807) is 4.90 Å². The van der Waals surface area contributed by atoms with Crippen LogP contribution in [0.1, 0.15) is 39.0 Å². The van der Waals surface area contributed by atoms with E-state index in [9.17, 15) is 14.7 Å². The van der Waals surface area contributed by atoms with Gasteiger partial charge in [0.05, 0.1) is 5.41 Å². The highest BCUT2D eigenvalue weighted by molar-refractivity contribution is 5.82. The molecule has 0 spiro atoms. The highest BCUT2D eigenvalue weighted by Gasteiger charge is 2.42. The number of hydrogen-bond donors (Lipinski definition) is 1. The molecule has 2 aliphatic rings. The molecule has 102 valence electrons. The summed E-state index contributed by atoms with van der Waals surface area (Å²) in [5.74, 6) is -0.684. The van der Waals surface area contributed by atoms with Crippen LogP contribution in [-0.2, 0) is 14.3 Å². The number of piperidine rings is 1. The van der Waals surface area contributed by atoms with E-state index in [0.29, 0.717) is 39.0 Å². The second-order valence-electron chi connectivity index (χ2n) is 5.27. The number of nitrogens with zero attached hydrogens (tertiary/aromatic N) is 1. The van der Waals surface area contributed by atoms with E-state index in [0.717, 1.165) is 12.8 Å². The first-order valence-electron chi connectivity index (χ1n) is 6.73. The van der Waals surface area contributed by atoms with E-state index in [1.807, 2.05) is 6.92 Å². The van der Waals surface area contributed by atoms with Gasteiger partial charge >= 0.3 is 5.97 Å². The molecular formula is C13H21NO4. The Labute approximate surface area is 107 Å². The number of aliphatic carboxylic acids is 1. The van der Waals surface area contributed by atoms with Gasteiger partial charge in [0.15, 0.2) is 0 Å². The summed E-state index contributed by atoms with van der Waals surface area (Å²) in [5, 5.41) is 9.30. The van der Waals surface area contributed by atoms with Gasteiger partial charge in [0, 0.05) is 19.7 Å². The van der Waals surface area contributed by atoms with Crippen LogP contribution in [0.25, 0.3) is 0 Å². The topological polar surface area (TPSA) is 66.8 Å². The van der Waals surface area contributed by atoms with Gasteiger partial charge in [-0.2, -0.15) is 0 Å². The van der Waals surface area contributed by atoms with E-state index in [4.69, 9.17) is 4.74 Å². The van der Waals surface area contributed by atoms with E-state index >= 15 is 0 Å². The minimum Gasteiger partial charge on any atom is -0.481 e. The SMILES string of the molecule is CCC1(C(=O)O)CCN(C(=O)[C@H]2CCCO2)CC1. The number of amides is 1. The summed E-state index contributed by atoms with van der Waals surface area (Å²) in [4.78, 5) is 25.2. The van der Waals surface area contributed by atoms with Gasteiger partial charge in [-0.15, -0.1) is 0 Å². The molecule has 0 aromatic carbocycles. The van der Waals surface area contributed by atoms with Crippen LogP contribution in [0.3, 0.4) is 0 Å². The van der Waals surface area contributed by atoms with Crippen LogP contribution in [0, 0.1) is 5.41 Å². The molecule has 5 nitrogen and oxygen atoms in total. The molecule has 2 saturated heterocycles. The molecule has 1 amide bonds. The molecule has 0 bridgehead atoms. The molecule has 0 aromatic rings. The Morgan fingerprint density at radius 1 is 1.39 bits per heavy atom. The minimum absolute atomic E-state index is 0.0441. The third kappa shape index (κ3) is 2.36. The largest absolute Gasteiger partial charge is 0.481 e. The van der Waals surface area contributed by atoms with Crippen molar-refractivity contribution in [3.8, 4) is 0 Å². The number of carbonyl (C=O) groups is 2. The van der Waals surface area contributed by atoms with Gasteiger partial charge < -0.3 is 14.7 Å². The lowest BCUT2D eigenvalue weighted by Crippen LogP contribution is -2.49. The predicted molar refractivity (Wildman–Crippen MR) is 65.1 cm³/mol. The number of carboxylic acid groups (broad SMARTS) is 1. The van der Waals surface area contributed by atoms with E-state index in [1.165, 1.54) is 0 Å². The average Bonchev–Trinajstić information content (AvgIpc) is 2.91. The third-order valence-electron chi connectivity index (χ3n) is 4.37. The zero-order valence-corrected chi connectivity index (χ0v) is 10.9. The second-order valence-corrected chi connectivity index (χ2v) is 5.27. The van der Waals surface area contributed by atoms with Crippen LogP contribution in [0.15, 0.2) is 0 Å². The maximum absolute atomic E-state index is 12.1. The summed E-state index contributed by atoms with van der Waals surface area (Å²) < 4.78 is 5.39. The maximum atomic E-state index is 12.1. The van der Waals surface area contributed by atoms with Crippen molar-refractivity contribution >= 4 is 11.9 Å². The Morgan fingerprint density at radius 2 is 2.06 bits per heavy atom. The van der Waals surface area contributed by atoms with Gasteiger partial charge in [-0.05, 0) is 32.1 Å². The molecular weight excluding hydrogens is 234 g/mol. The predicted octanol–water partition coefficient (Wildman–Crippen LogP) is 1.27. The summed E-state index contributed by atoms with van der Waals surface area (Å²) >= 11 is 0. The first-order chi connectivity index (χ1) is 8.59. The summed E-state index contributed by atoms with van der Waals surface area (Å²) in [6, 6.07) is 0. The third-order valence-corrected chi connectivity index (χ3v) is 4.37. The molecule has 18 heavy (non-hydrogen) atoms. The van der Waals surface area contributed by atoms with E-state index < -0.39 is 11.4 Å². The molecule has 0 unspecified atom stereocenters. The van der Waals surface area contributed by atoms with Gasteiger partial charge in [0.1, 0.15) is 6.10 Å². The standard InChI is InChI=1S/C13H21NO4/c1-2-13(12(16)17)5-7-14(8-6-13)11(15)10-4-3-9-18-10/h10H,2-9H2,1H3,(H,16,17)/t10-/m1/s1. The molecule has 2 rings (SSSR count). The van der Waals surface area contributed by atoms with Crippen molar-refractivity contribution in [2.75, 3.05) is 19.7 Å². The highest BCUT2D eigenvalue weighted by atomic mass is 16.5. The number of carboxylic acids is 1. The summed E-state index contributed by atoms with van der Waals surface area (Å²) in [6.07, 6.45) is 3.19. The fourth-order valence-electron chi connectivity index (χ4n) is 2.85. The Hall–Kier alpha value is -1.10. The van der Waals surface area contributed by atoms with Crippen LogP contribution in [-0.4, -0.2) is 47.7 Å². The van der Waals surface area contributed by atoms with Crippen LogP contribution in [0.2, 0.25) is 0 Å². The van der Waals surface area contributed by atoms with Gasteiger partial charge in [-0.25, -0.2) is 0 Å². The van der Waals surface area contributed by atoms with Crippen molar-refractivity contribution < 1.29 is 19.4 Å². The van der Waals surface area contributed by atoms with Crippen molar-refractivity contribution in [1.82, 2.24) is 4.90 Å². The van der Waals surface area contributed by atoms with Crippen LogP contribution < -0.4 is 0 Å². The molecule has 2 heterocycles. The molecule has 0 aromatic heterocycles. The van der Waals surface area contributed by atoms with Crippen molar-refractivity contribution in [3.63, 3.8) is 0 Å². The van der Waals surface area contributed by atoms with Crippen molar-refractivity contribution in [3.05, 3.63) is 0 Å². The fourth-order valence-corrected chi connectivity index (χ4v) is 2.85. The molecule has 1 N–H and O–H groups in total. The lowest BCUT2D eigenvalue weighted by atomic mass is 9.76. The zero-order chi connectivity index (χ0) is 13.2. The van der Waals surface area contributed by atoms with Gasteiger partial charge in [-0.1, -0.05) is 6.92 Å². The molecule has 0 saturated carbocycles. The van der Waals surface area contributed by atoms with E-state index in [-0.39, 0.29) is 12.0 Å². The first-order valence-corrected chi connectivity index (χ1v) is 6.73. The number of carbonyl (C=O) groups excluding carboxylic acids is 1. The lowest BCUT2D eigenvalue weighted by Gasteiger charge is -2.39. The Morgan fingerprint density at radius 3 is 2.50 bits per heavy atom. The van der Waals surface area contributed by atoms with E-state index in [2.05, 4.69) is 0 Å². The number of ether oxygens (including phenoxy) is 1. The van der Waals surface area contributed by atoms with Crippen molar-refractivity contribution in [1.29, 1.82) is 0 Å². The van der Waals surface area contributed by atoms with Crippen LogP contribution in [0.5, 0.6) is 0 Å². The van der Waals surface area contributed by atoms with Crippen LogP contribution in [0.4, 0.5) is 0 Å².